The number of carbonyl (C=O) groups excluding carboxylic acids is 1. The first-order valence-electron chi connectivity index (χ1n) is 7.50. The molecule has 6 nitrogen and oxygen atoms in total. The van der Waals surface area contributed by atoms with Crippen molar-refractivity contribution in [3.63, 3.8) is 0 Å². The van der Waals surface area contributed by atoms with Crippen LogP contribution in [0.15, 0.2) is 53.8 Å². The number of ether oxygens (including phenoxy) is 1. The Labute approximate surface area is 138 Å². The van der Waals surface area contributed by atoms with Crippen LogP contribution in [0.1, 0.15) is 12.6 Å². The van der Waals surface area contributed by atoms with Crippen LogP contribution in [0, 0.1) is 5.82 Å². The van der Waals surface area contributed by atoms with Crippen LogP contribution in [0.5, 0.6) is 5.75 Å². The minimum absolute atomic E-state index is 0.214. The predicted molar refractivity (Wildman–Crippen MR) is 84.9 cm³/mol. The molecular formula is C17H16FN3O3. The summed E-state index contributed by atoms with van der Waals surface area (Å²) in [7, 11) is 0. The number of aromatic nitrogens is 1. The average Bonchev–Trinajstić information content (AvgIpc) is 2.61. The molecule has 0 bridgehead atoms. The minimum Gasteiger partial charge on any atom is -0.492 e. The second-order valence-electron chi connectivity index (χ2n) is 5.17. The molecule has 0 aliphatic carbocycles. The Morgan fingerprint density at radius 1 is 1.25 bits per heavy atom. The van der Waals surface area contributed by atoms with Crippen molar-refractivity contribution in [2.45, 2.75) is 13.0 Å². The summed E-state index contributed by atoms with van der Waals surface area (Å²) in [6.07, 6.45) is 0.955. The molecule has 7 heteroatoms. The standard InChI is InChI=1S/C17H16FN3O3/c1-12-17(22)21(10-11-23-14-7-5-13(18)6-8-14)16(20-24-12)15-4-2-3-9-19-15/h2-9,12H,10-11H2,1H3. The van der Waals surface area contributed by atoms with Gasteiger partial charge in [0.1, 0.15) is 23.9 Å². The zero-order valence-corrected chi connectivity index (χ0v) is 13.1. The van der Waals surface area contributed by atoms with Crippen LogP contribution in [-0.4, -0.2) is 40.9 Å². The number of benzene rings is 1. The number of hydrogen-bond acceptors (Lipinski definition) is 5. The molecule has 3 rings (SSSR count). The molecule has 124 valence electrons. The van der Waals surface area contributed by atoms with E-state index in [1.807, 2.05) is 0 Å². The molecule has 2 heterocycles. The lowest BCUT2D eigenvalue weighted by molar-refractivity contribution is -0.141. The second kappa shape index (κ2) is 7.08. The van der Waals surface area contributed by atoms with Gasteiger partial charge in [-0.2, -0.15) is 0 Å². The molecule has 1 aliphatic rings. The number of rotatable bonds is 5. The Kier molecular flexibility index (Phi) is 4.69. The largest absolute Gasteiger partial charge is 0.492 e. The minimum atomic E-state index is -0.664. The Bertz CT molecular complexity index is 735. The van der Waals surface area contributed by atoms with Crippen LogP contribution in [0.3, 0.4) is 0 Å². The Morgan fingerprint density at radius 3 is 2.75 bits per heavy atom. The predicted octanol–water partition coefficient (Wildman–Crippen LogP) is 2.21. The van der Waals surface area contributed by atoms with E-state index < -0.39 is 6.10 Å². The van der Waals surface area contributed by atoms with Gasteiger partial charge in [0.2, 0.25) is 11.9 Å². The fraction of sp³-hybridized carbons (Fsp3) is 0.235. The van der Waals surface area contributed by atoms with E-state index in [9.17, 15) is 9.18 Å². The highest BCUT2D eigenvalue weighted by molar-refractivity contribution is 6.08. The fourth-order valence-electron chi connectivity index (χ4n) is 2.23. The van der Waals surface area contributed by atoms with Gasteiger partial charge in [-0.15, -0.1) is 0 Å². The summed E-state index contributed by atoms with van der Waals surface area (Å²) in [6, 6.07) is 11.0. The maximum Gasteiger partial charge on any atom is 0.272 e. The van der Waals surface area contributed by atoms with Crippen LogP contribution in [0.2, 0.25) is 0 Å². The van der Waals surface area contributed by atoms with Crippen molar-refractivity contribution < 1.29 is 18.8 Å². The molecule has 1 unspecified atom stereocenters. The van der Waals surface area contributed by atoms with E-state index in [4.69, 9.17) is 9.57 Å². The van der Waals surface area contributed by atoms with Crippen molar-refractivity contribution >= 4 is 11.7 Å². The SMILES string of the molecule is CC1ON=C(c2ccccn2)N(CCOc2ccc(F)cc2)C1=O. The van der Waals surface area contributed by atoms with Gasteiger partial charge in [-0.25, -0.2) is 4.39 Å². The van der Waals surface area contributed by atoms with E-state index in [1.54, 1.807) is 31.3 Å². The first-order valence-corrected chi connectivity index (χ1v) is 7.50. The first-order chi connectivity index (χ1) is 11.6. The van der Waals surface area contributed by atoms with Crippen LogP contribution >= 0.6 is 0 Å². The number of hydrogen-bond donors (Lipinski definition) is 0. The maximum absolute atomic E-state index is 12.9. The Morgan fingerprint density at radius 2 is 2.04 bits per heavy atom. The highest BCUT2D eigenvalue weighted by Crippen LogP contribution is 2.15. The average molecular weight is 329 g/mol. The fourth-order valence-corrected chi connectivity index (χ4v) is 2.23. The van der Waals surface area contributed by atoms with Crippen LogP contribution in [0.4, 0.5) is 4.39 Å². The van der Waals surface area contributed by atoms with Crippen molar-refractivity contribution in [2.75, 3.05) is 13.2 Å². The van der Waals surface area contributed by atoms with E-state index in [0.29, 0.717) is 17.3 Å². The van der Waals surface area contributed by atoms with E-state index >= 15 is 0 Å². The summed E-state index contributed by atoms with van der Waals surface area (Å²) in [5.74, 6) is 0.334. The third-order valence-corrected chi connectivity index (χ3v) is 3.46. The summed E-state index contributed by atoms with van der Waals surface area (Å²) >= 11 is 0. The number of nitrogens with zero attached hydrogens (tertiary/aromatic N) is 3. The van der Waals surface area contributed by atoms with Gasteiger partial charge >= 0.3 is 0 Å². The summed E-state index contributed by atoms with van der Waals surface area (Å²) < 4.78 is 18.4. The molecule has 0 fully saturated rings. The molecule has 0 spiro atoms. The van der Waals surface area contributed by atoms with Crippen molar-refractivity contribution in [1.29, 1.82) is 0 Å². The van der Waals surface area contributed by atoms with Gasteiger partial charge in [0, 0.05) is 6.20 Å². The van der Waals surface area contributed by atoms with Gasteiger partial charge in [-0.3, -0.25) is 14.7 Å². The summed E-state index contributed by atoms with van der Waals surface area (Å²) in [5.41, 5.74) is 0.541. The highest BCUT2D eigenvalue weighted by Gasteiger charge is 2.32. The lowest BCUT2D eigenvalue weighted by Crippen LogP contribution is -2.48. The van der Waals surface area contributed by atoms with Crippen LogP contribution in [0.25, 0.3) is 0 Å². The number of carbonyl (C=O) groups is 1. The van der Waals surface area contributed by atoms with Crippen molar-refractivity contribution in [3.8, 4) is 5.75 Å². The van der Waals surface area contributed by atoms with Gasteiger partial charge in [-0.1, -0.05) is 11.2 Å². The Hall–Kier alpha value is -2.96. The molecule has 2 aromatic rings. The quantitative estimate of drug-likeness (QED) is 0.844. The van der Waals surface area contributed by atoms with Gasteiger partial charge < -0.3 is 9.57 Å². The van der Waals surface area contributed by atoms with E-state index in [0.717, 1.165) is 0 Å². The second-order valence-corrected chi connectivity index (χ2v) is 5.17. The summed E-state index contributed by atoms with van der Waals surface area (Å²) in [5, 5.41) is 4.00. The molecule has 0 saturated heterocycles. The molecule has 1 amide bonds. The summed E-state index contributed by atoms with van der Waals surface area (Å²) in [4.78, 5) is 23.2. The van der Waals surface area contributed by atoms with E-state index in [1.165, 1.54) is 29.2 Å². The van der Waals surface area contributed by atoms with Gasteiger partial charge in [0.25, 0.3) is 5.91 Å². The van der Waals surface area contributed by atoms with Gasteiger partial charge in [0.05, 0.1) is 6.54 Å². The van der Waals surface area contributed by atoms with Gasteiger partial charge in [-0.05, 0) is 43.3 Å². The first kappa shape index (κ1) is 15.9. The molecule has 0 radical (unpaired) electrons. The summed E-state index contributed by atoms with van der Waals surface area (Å²) in [6.45, 7) is 2.14. The van der Waals surface area contributed by atoms with E-state index in [2.05, 4.69) is 10.1 Å². The molecular weight excluding hydrogens is 313 g/mol. The number of amides is 1. The van der Waals surface area contributed by atoms with Gasteiger partial charge in [0.15, 0.2) is 0 Å². The molecule has 0 N–H and O–H groups in total. The monoisotopic (exact) mass is 329 g/mol. The smallest absolute Gasteiger partial charge is 0.272 e. The zero-order chi connectivity index (χ0) is 16.9. The Balaban J connectivity index is 1.70. The molecule has 1 aromatic heterocycles. The molecule has 24 heavy (non-hydrogen) atoms. The van der Waals surface area contributed by atoms with E-state index in [-0.39, 0.29) is 24.9 Å². The lowest BCUT2D eigenvalue weighted by Gasteiger charge is -2.29. The van der Waals surface area contributed by atoms with Crippen molar-refractivity contribution in [1.82, 2.24) is 9.88 Å². The van der Waals surface area contributed by atoms with Crippen molar-refractivity contribution in [2.24, 2.45) is 5.16 Å². The van der Waals surface area contributed by atoms with Crippen LogP contribution in [-0.2, 0) is 9.63 Å². The third-order valence-electron chi connectivity index (χ3n) is 3.46. The number of pyridine rings is 1. The molecule has 1 aliphatic heterocycles. The third kappa shape index (κ3) is 3.51. The number of oxime groups is 1. The molecule has 0 saturated carbocycles. The van der Waals surface area contributed by atoms with Crippen molar-refractivity contribution in [3.05, 3.63) is 60.2 Å². The molecule has 1 aromatic carbocycles. The maximum atomic E-state index is 12.9. The lowest BCUT2D eigenvalue weighted by atomic mass is 10.2. The number of halogens is 1. The van der Waals surface area contributed by atoms with Crippen LogP contribution < -0.4 is 4.74 Å². The zero-order valence-electron chi connectivity index (χ0n) is 13.1. The normalized spacial score (nSPS) is 17.2. The topological polar surface area (TPSA) is 64.0 Å². The molecule has 1 atom stereocenters. The highest BCUT2D eigenvalue weighted by atomic mass is 19.1. The number of amidine groups is 1.